The number of benzene rings is 1. The van der Waals surface area contributed by atoms with Gasteiger partial charge in [0.25, 0.3) is 11.6 Å². The second kappa shape index (κ2) is 8.85. The molecule has 4 aromatic rings. The molecule has 5 rings (SSSR count). The van der Waals surface area contributed by atoms with Crippen molar-refractivity contribution in [2.75, 3.05) is 31.1 Å². The van der Waals surface area contributed by atoms with Crippen LogP contribution in [0.3, 0.4) is 0 Å². The van der Waals surface area contributed by atoms with Gasteiger partial charge in [0.15, 0.2) is 0 Å². The van der Waals surface area contributed by atoms with E-state index in [1.54, 1.807) is 0 Å². The Labute approximate surface area is 198 Å². The molecular weight excluding hydrogens is 428 g/mol. The van der Waals surface area contributed by atoms with E-state index in [0.29, 0.717) is 54.2 Å². The molecule has 4 heterocycles. The number of anilines is 1. The van der Waals surface area contributed by atoms with Crippen LogP contribution in [0.15, 0.2) is 47.0 Å². The number of carbonyl (C=O) groups is 1. The minimum absolute atomic E-state index is 0.0303. The van der Waals surface area contributed by atoms with Crippen LogP contribution in [-0.2, 0) is 0 Å². The molecule has 8 heteroatoms. The normalized spacial score (nSPS) is 14.3. The summed E-state index contributed by atoms with van der Waals surface area (Å²) in [6.07, 6.45) is 0. The monoisotopic (exact) mass is 456 g/mol. The average Bonchev–Trinajstić information content (AvgIpc) is 3.24. The number of rotatable bonds is 4. The largest absolute Gasteiger partial charge is 0.353 e. The lowest BCUT2D eigenvalue weighted by molar-refractivity contribution is 0.0748. The zero-order valence-electron chi connectivity index (χ0n) is 19.9. The number of nitrogens with zero attached hydrogens (tertiary/aromatic N) is 6. The highest BCUT2D eigenvalue weighted by Gasteiger charge is 2.27. The Bertz CT molecular complexity index is 1340. The van der Waals surface area contributed by atoms with Crippen molar-refractivity contribution < 1.29 is 9.32 Å². The Hall–Kier alpha value is -3.81. The molecule has 0 saturated carbocycles. The van der Waals surface area contributed by atoms with Gasteiger partial charge in [-0.3, -0.25) is 4.79 Å². The molecule has 1 saturated heterocycles. The Morgan fingerprint density at radius 3 is 2.41 bits per heavy atom. The standard InChI is InChI=1S/C26H28N6O2/c1-16(2)24-27-17(3)14-22(29-24)31-10-12-32(13-11-31)26(33)20-15-21(19-8-6-5-7-9-19)28-25-23(20)18(4)30-34-25/h5-9,14-16H,10-13H2,1-4H3. The number of carbonyl (C=O) groups excluding carboxylic acids is 1. The van der Waals surface area contributed by atoms with E-state index in [9.17, 15) is 4.79 Å². The van der Waals surface area contributed by atoms with E-state index in [2.05, 4.69) is 33.9 Å². The first-order chi connectivity index (χ1) is 16.4. The van der Waals surface area contributed by atoms with E-state index < -0.39 is 0 Å². The van der Waals surface area contributed by atoms with Gasteiger partial charge in [-0.05, 0) is 19.9 Å². The number of aryl methyl sites for hydroxylation is 2. The van der Waals surface area contributed by atoms with Crippen LogP contribution in [0.1, 0.15) is 47.3 Å². The van der Waals surface area contributed by atoms with E-state index in [4.69, 9.17) is 9.51 Å². The molecule has 0 aliphatic carbocycles. The number of aromatic nitrogens is 4. The van der Waals surface area contributed by atoms with Crippen LogP contribution in [-0.4, -0.2) is 57.1 Å². The van der Waals surface area contributed by atoms with Crippen LogP contribution in [0.2, 0.25) is 0 Å². The summed E-state index contributed by atoms with van der Waals surface area (Å²) in [6, 6.07) is 13.7. The zero-order valence-corrected chi connectivity index (χ0v) is 19.9. The van der Waals surface area contributed by atoms with Gasteiger partial charge in [0.05, 0.1) is 22.3 Å². The Morgan fingerprint density at radius 2 is 1.71 bits per heavy atom. The van der Waals surface area contributed by atoms with Crippen LogP contribution in [0.5, 0.6) is 0 Å². The quantitative estimate of drug-likeness (QED) is 0.450. The third-order valence-electron chi connectivity index (χ3n) is 6.18. The number of amides is 1. The highest BCUT2D eigenvalue weighted by molar-refractivity contribution is 6.07. The number of piperazine rings is 1. The molecule has 1 aliphatic rings. The van der Waals surface area contributed by atoms with Crippen molar-refractivity contribution in [1.82, 2.24) is 25.0 Å². The second-order valence-corrected chi connectivity index (χ2v) is 9.03. The summed E-state index contributed by atoms with van der Waals surface area (Å²) in [5.41, 5.74) is 4.22. The van der Waals surface area contributed by atoms with E-state index in [1.807, 2.05) is 61.2 Å². The second-order valence-electron chi connectivity index (χ2n) is 9.03. The maximum absolute atomic E-state index is 13.7. The summed E-state index contributed by atoms with van der Waals surface area (Å²) in [7, 11) is 0. The predicted octanol–water partition coefficient (Wildman–Crippen LogP) is 4.38. The van der Waals surface area contributed by atoms with E-state index in [1.165, 1.54) is 0 Å². The number of hydrogen-bond donors (Lipinski definition) is 0. The summed E-state index contributed by atoms with van der Waals surface area (Å²) < 4.78 is 5.45. The van der Waals surface area contributed by atoms with Gasteiger partial charge in [-0.2, -0.15) is 0 Å². The first-order valence-corrected chi connectivity index (χ1v) is 11.6. The van der Waals surface area contributed by atoms with E-state index >= 15 is 0 Å². The number of hydrogen-bond acceptors (Lipinski definition) is 7. The summed E-state index contributed by atoms with van der Waals surface area (Å²) in [5.74, 6) is 2.01. The van der Waals surface area contributed by atoms with Crippen LogP contribution in [0, 0.1) is 13.8 Å². The van der Waals surface area contributed by atoms with Gasteiger partial charge in [0.2, 0.25) is 0 Å². The molecule has 1 amide bonds. The fourth-order valence-electron chi connectivity index (χ4n) is 4.32. The summed E-state index contributed by atoms with van der Waals surface area (Å²) in [5, 5.41) is 4.75. The summed E-state index contributed by atoms with van der Waals surface area (Å²) in [4.78, 5) is 31.7. The van der Waals surface area contributed by atoms with Crippen molar-refractivity contribution in [3.63, 3.8) is 0 Å². The van der Waals surface area contributed by atoms with Crippen molar-refractivity contribution >= 4 is 22.8 Å². The molecule has 0 spiro atoms. The molecule has 3 aromatic heterocycles. The fraction of sp³-hybridized carbons (Fsp3) is 0.346. The van der Waals surface area contributed by atoms with Gasteiger partial charge < -0.3 is 14.3 Å². The van der Waals surface area contributed by atoms with Crippen molar-refractivity contribution in [2.45, 2.75) is 33.6 Å². The lowest BCUT2D eigenvalue weighted by Gasteiger charge is -2.35. The molecule has 34 heavy (non-hydrogen) atoms. The topological polar surface area (TPSA) is 88.2 Å². The van der Waals surface area contributed by atoms with Gasteiger partial charge >= 0.3 is 0 Å². The lowest BCUT2D eigenvalue weighted by atomic mass is 10.0. The Balaban J connectivity index is 1.41. The van der Waals surface area contributed by atoms with Crippen LogP contribution in [0.4, 0.5) is 5.82 Å². The highest BCUT2D eigenvalue weighted by atomic mass is 16.5. The Morgan fingerprint density at radius 1 is 0.971 bits per heavy atom. The van der Waals surface area contributed by atoms with Gasteiger partial charge in [0, 0.05) is 49.4 Å². The minimum Gasteiger partial charge on any atom is -0.353 e. The number of pyridine rings is 1. The Kier molecular flexibility index (Phi) is 5.73. The highest BCUT2D eigenvalue weighted by Crippen LogP contribution is 2.28. The maximum atomic E-state index is 13.7. The smallest absolute Gasteiger partial charge is 0.259 e. The molecule has 1 aliphatic heterocycles. The molecular formula is C26H28N6O2. The molecule has 0 atom stereocenters. The fourth-order valence-corrected chi connectivity index (χ4v) is 4.32. The van der Waals surface area contributed by atoms with Crippen LogP contribution >= 0.6 is 0 Å². The first kappa shape index (κ1) is 22.0. The van der Waals surface area contributed by atoms with Crippen LogP contribution < -0.4 is 4.90 Å². The molecule has 0 radical (unpaired) electrons. The number of fused-ring (bicyclic) bond motifs is 1. The van der Waals surface area contributed by atoms with Crippen molar-refractivity contribution in [1.29, 1.82) is 0 Å². The summed E-state index contributed by atoms with van der Waals surface area (Å²) >= 11 is 0. The zero-order chi connectivity index (χ0) is 23.8. The maximum Gasteiger partial charge on any atom is 0.259 e. The van der Waals surface area contributed by atoms with Crippen LogP contribution in [0.25, 0.3) is 22.4 Å². The molecule has 0 unspecified atom stereocenters. The van der Waals surface area contributed by atoms with Crippen molar-refractivity contribution in [3.8, 4) is 11.3 Å². The molecule has 1 fully saturated rings. The van der Waals surface area contributed by atoms with E-state index in [0.717, 1.165) is 22.9 Å². The first-order valence-electron chi connectivity index (χ1n) is 11.6. The van der Waals surface area contributed by atoms with Gasteiger partial charge in [-0.15, -0.1) is 0 Å². The SMILES string of the molecule is Cc1cc(N2CCN(C(=O)c3cc(-c4ccccc4)nc4onc(C)c34)CC2)nc(C(C)C)n1. The van der Waals surface area contributed by atoms with Gasteiger partial charge in [0.1, 0.15) is 11.6 Å². The minimum atomic E-state index is -0.0303. The molecule has 174 valence electrons. The van der Waals surface area contributed by atoms with Crippen molar-refractivity contribution in [3.05, 3.63) is 65.2 Å². The third kappa shape index (κ3) is 4.11. The molecule has 0 N–H and O–H groups in total. The summed E-state index contributed by atoms with van der Waals surface area (Å²) in [6.45, 7) is 10.7. The average molecular weight is 457 g/mol. The molecule has 0 bridgehead atoms. The molecule has 1 aromatic carbocycles. The van der Waals surface area contributed by atoms with Gasteiger partial charge in [-0.25, -0.2) is 15.0 Å². The molecule has 8 nitrogen and oxygen atoms in total. The predicted molar refractivity (Wildman–Crippen MR) is 131 cm³/mol. The van der Waals surface area contributed by atoms with Crippen molar-refractivity contribution in [2.24, 2.45) is 0 Å². The lowest BCUT2D eigenvalue weighted by Crippen LogP contribution is -2.49. The third-order valence-corrected chi connectivity index (χ3v) is 6.18. The van der Waals surface area contributed by atoms with Gasteiger partial charge in [-0.1, -0.05) is 49.3 Å². The van der Waals surface area contributed by atoms with E-state index in [-0.39, 0.29) is 11.8 Å².